The van der Waals surface area contributed by atoms with Gasteiger partial charge in [0.1, 0.15) is 10.8 Å². The van der Waals surface area contributed by atoms with Gasteiger partial charge in [0, 0.05) is 17.6 Å². The lowest BCUT2D eigenvalue weighted by Gasteiger charge is -2.13. The van der Waals surface area contributed by atoms with Gasteiger partial charge in [0.15, 0.2) is 0 Å². The van der Waals surface area contributed by atoms with Crippen molar-refractivity contribution in [2.75, 3.05) is 7.11 Å². The van der Waals surface area contributed by atoms with Crippen molar-refractivity contribution in [2.24, 2.45) is 4.99 Å². The molecule has 7 heteroatoms. The van der Waals surface area contributed by atoms with Gasteiger partial charge in [0.2, 0.25) is 0 Å². The Morgan fingerprint density at radius 2 is 1.87 bits per heavy atom. The molecule has 0 radical (unpaired) electrons. The molecule has 3 aromatic rings. The Balaban J connectivity index is 1.62. The van der Waals surface area contributed by atoms with E-state index >= 15 is 0 Å². The molecule has 0 fully saturated rings. The maximum absolute atomic E-state index is 13.2. The largest absolute Gasteiger partial charge is 0.495 e. The van der Waals surface area contributed by atoms with Crippen molar-refractivity contribution >= 4 is 73.6 Å². The number of thiophene rings is 1. The van der Waals surface area contributed by atoms with Gasteiger partial charge < -0.3 is 10.1 Å². The number of hydrogen-bond donors (Lipinski definition) is 1. The number of amides is 1. The molecule has 2 aromatic carbocycles. The van der Waals surface area contributed by atoms with Crippen LogP contribution in [0.3, 0.4) is 0 Å². The zero-order valence-electron chi connectivity index (χ0n) is 17.1. The van der Waals surface area contributed by atoms with Crippen LogP contribution < -0.4 is 10.1 Å². The molecule has 4 nitrogen and oxygen atoms in total. The molecule has 0 bridgehead atoms. The maximum atomic E-state index is 13.2. The topological polar surface area (TPSA) is 50.7 Å². The number of nitrogens with one attached hydrogen (secondary N) is 1. The van der Waals surface area contributed by atoms with E-state index in [0.717, 1.165) is 53.8 Å². The van der Waals surface area contributed by atoms with Crippen LogP contribution >= 0.6 is 56.5 Å². The summed E-state index contributed by atoms with van der Waals surface area (Å²) in [5, 5.41) is 3.90. The third-order valence-electron chi connectivity index (χ3n) is 5.23. The average molecular weight is 656 g/mol. The normalized spacial score (nSPS) is 13.3. The van der Waals surface area contributed by atoms with Crippen LogP contribution in [0.1, 0.15) is 44.8 Å². The zero-order chi connectivity index (χ0) is 21.8. The lowest BCUT2D eigenvalue weighted by molar-refractivity contribution is 0.0951. The Morgan fingerprint density at radius 3 is 2.58 bits per heavy atom. The molecule has 0 atom stereocenters. The Hall–Kier alpha value is -1.46. The Morgan fingerprint density at radius 1 is 1.16 bits per heavy atom. The molecule has 0 aliphatic heterocycles. The van der Waals surface area contributed by atoms with E-state index in [0.29, 0.717) is 6.54 Å². The summed E-state index contributed by atoms with van der Waals surface area (Å²) in [6.07, 6.45) is 6.15. The molecule has 1 amide bonds. The van der Waals surface area contributed by atoms with Crippen molar-refractivity contribution in [3.8, 4) is 5.75 Å². The van der Waals surface area contributed by atoms with E-state index in [4.69, 9.17) is 9.73 Å². The van der Waals surface area contributed by atoms with Crippen LogP contribution in [0.4, 0.5) is 5.00 Å². The number of carbonyl (C=O) groups excluding carboxylic acids is 1. The van der Waals surface area contributed by atoms with Gasteiger partial charge in [-0.05, 0) is 99.7 Å². The second-order valence-corrected chi connectivity index (χ2v) is 10.7. The minimum Gasteiger partial charge on any atom is -0.495 e. The molecular formula is C24H22I2N2O2S. The van der Waals surface area contributed by atoms with Crippen molar-refractivity contribution in [2.45, 2.75) is 32.2 Å². The van der Waals surface area contributed by atoms with Crippen LogP contribution in [-0.2, 0) is 19.4 Å². The summed E-state index contributed by atoms with van der Waals surface area (Å²) < 4.78 is 7.54. The van der Waals surface area contributed by atoms with Gasteiger partial charge in [-0.1, -0.05) is 30.3 Å². The summed E-state index contributed by atoms with van der Waals surface area (Å²) in [6, 6.07) is 14.1. The molecule has 1 aromatic heterocycles. The molecule has 1 aliphatic rings. The zero-order valence-corrected chi connectivity index (χ0v) is 22.2. The van der Waals surface area contributed by atoms with Crippen LogP contribution in [0, 0.1) is 7.14 Å². The summed E-state index contributed by atoms with van der Waals surface area (Å²) >= 11 is 6.21. The Kier molecular flexibility index (Phi) is 7.65. The molecule has 160 valence electrons. The number of aryl methyl sites for hydroxylation is 1. The second kappa shape index (κ2) is 10.4. The van der Waals surface area contributed by atoms with E-state index < -0.39 is 0 Å². The SMILES string of the molecule is COc1c(I)cc(/C=N\c2sc3c(c2C(=O)NCc2ccccc2)CCCC3)cc1I. The van der Waals surface area contributed by atoms with E-state index in [9.17, 15) is 4.79 Å². The fraction of sp³-hybridized carbons (Fsp3) is 0.250. The number of fused-ring (bicyclic) bond motifs is 1. The van der Waals surface area contributed by atoms with Gasteiger partial charge in [0.05, 0.1) is 19.8 Å². The first-order valence-corrected chi connectivity index (χ1v) is 13.1. The summed E-state index contributed by atoms with van der Waals surface area (Å²) in [5.74, 6) is 0.847. The highest BCUT2D eigenvalue weighted by molar-refractivity contribution is 14.1. The van der Waals surface area contributed by atoms with Gasteiger partial charge in [-0.25, -0.2) is 4.99 Å². The van der Waals surface area contributed by atoms with Crippen molar-refractivity contribution in [3.63, 3.8) is 0 Å². The van der Waals surface area contributed by atoms with E-state index in [1.54, 1.807) is 18.4 Å². The number of aliphatic imine (C=N–C) groups is 1. The third-order valence-corrected chi connectivity index (χ3v) is 8.03. The fourth-order valence-electron chi connectivity index (χ4n) is 3.73. The van der Waals surface area contributed by atoms with Crippen LogP contribution in [0.5, 0.6) is 5.75 Å². The number of carbonyl (C=O) groups is 1. The quantitative estimate of drug-likeness (QED) is 0.243. The molecule has 0 saturated heterocycles. The van der Waals surface area contributed by atoms with Gasteiger partial charge in [0.25, 0.3) is 5.91 Å². The molecule has 4 rings (SSSR count). The summed E-state index contributed by atoms with van der Waals surface area (Å²) in [4.78, 5) is 19.3. The van der Waals surface area contributed by atoms with E-state index in [1.807, 2.05) is 48.7 Å². The minimum atomic E-state index is -0.0331. The van der Waals surface area contributed by atoms with Gasteiger partial charge in [-0.15, -0.1) is 11.3 Å². The monoisotopic (exact) mass is 656 g/mol. The first-order valence-electron chi connectivity index (χ1n) is 10.1. The van der Waals surface area contributed by atoms with Crippen molar-refractivity contribution < 1.29 is 9.53 Å². The van der Waals surface area contributed by atoms with E-state index in [2.05, 4.69) is 50.5 Å². The number of ether oxygens (including phenoxy) is 1. The fourth-order valence-corrected chi connectivity index (χ4v) is 7.21. The number of methoxy groups -OCH3 is 1. The number of benzene rings is 2. The smallest absolute Gasteiger partial charge is 0.254 e. The maximum Gasteiger partial charge on any atom is 0.254 e. The van der Waals surface area contributed by atoms with E-state index in [1.165, 1.54) is 16.9 Å². The highest BCUT2D eigenvalue weighted by atomic mass is 127. The Bertz CT molecular complexity index is 1100. The highest BCUT2D eigenvalue weighted by Crippen LogP contribution is 2.40. The molecule has 0 unspecified atom stereocenters. The van der Waals surface area contributed by atoms with E-state index in [-0.39, 0.29) is 5.91 Å². The molecule has 1 heterocycles. The molecule has 0 saturated carbocycles. The number of halogens is 2. The number of nitrogens with zero attached hydrogens (tertiary/aromatic N) is 1. The van der Waals surface area contributed by atoms with Crippen LogP contribution in [0.2, 0.25) is 0 Å². The van der Waals surface area contributed by atoms with Crippen molar-refractivity contribution in [3.05, 3.63) is 76.7 Å². The summed E-state index contributed by atoms with van der Waals surface area (Å²) in [6.45, 7) is 0.516. The first kappa shape index (κ1) is 22.7. The van der Waals surface area contributed by atoms with Crippen molar-refractivity contribution in [1.82, 2.24) is 5.32 Å². The predicted octanol–water partition coefficient (Wildman–Crippen LogP) is 6.53. The second-order valence-electron chi connectivity index (χ2n) is 7.34. The average Bonchev–Trinajstić information content (AvgIpc) is 3.15. The first-order chi connectivity index (χ1) is 15.1. The number of hydrogen-bond acceptors (Lipinski definition) is 4. The lowest BCUT2D eigenvalue weighted by Crippen LogP contribution is -2.24. The standard InChI is InChI=1S/C24H22I2N2O2S/c1-30-22-18(25)11-16(12-19(22)26)14-28-24-21(17-9-5-6-10-20(17)31-24)23(29)27-13-15-7-3-2-4-8-15/h2-4,7-8,11-12,14H,5-6,9-10,13H2,1H3,(H,27,29)/b28-14-. The molecular weight excluding hydrogens is 634 g/mol. The lowest BCUT2D eigenvalue weighted by atomic mass is 9.95. The van der Waals surface area contributed by atoms with Gasteiger partial charge >= 0.3 is 0 Å². The van der Waals surface area contributed by atoms with Crippen LogP contribution in [-0.4, -0.2) is 19.2 Å². The molecule has 1 aliphatic carbocycles. The van der Waals surface area contributed by atoms with Crippen LogP contribution in [0.15, 0.2) is 47.5 Å². The molecule has 0 spiro atoms. The minimum absolute atomic E-state index is 0.0331. The number of rotatable bonds is 6. The molecule has 31 heavy (non-hydrogen) atoms. The summed E-state index contributed by atoms with van der Waals surface area (Å²) in [7, 11) is 1.68. The highest BCUT2D eigenvalue weighted by Gasteiger charge is 2.25. The van der Waals surface area contributed by atoms with Crippen molar-refractivity contribution in [1.29, 1.82) is 0 Å². The van der Waals surface area contributed by atoms with Gasteiger partial charge in [-0.3, -0.25) is 4.79 Å². The van der Waals surface area contributed by atoms with Gasteiger partial charge in [-0.2, -0.15) is 0 Å². The van der Waals surface area contributed by atoms with Crippen LogP contribution in [0.25, 0.3) is 0 Å². The third kappa shape index (κ3) is 5.31. The predicted molar refractivity (Wildman–Crippen MR) is 144 cm³/mol. The molecule has 1 N–H and O–H groups in total. The Labute approximate surface area is 213 Å². The summed E-state index contributed by atoms with van der Waals surface area (Å²) in [5.41, 5.74) is 4.03.